The number of rotatable bonds is 8. The van der Waals surface area contributed by atoms with Crippen LogP contribution in [0.5, 0.6) is 0 Å². The molecule has 3 N–H and O–H groups in total. The van der Waals surface area contributed by atoms with Crippen LogP contribution in [0.3, 0.4) is 0 Å². The average Bonchev–Trinajstić information content (AvgIpc) is 2.74. The SMILES string of the molecule is CC(C)NC1=C(C=O)CN(S(=O)(=O)Nc2ccc(F)c(F)c2Nc2ccc(I)cc2F)CC1. The molecule has 0 unspecified atom stereocenters. The van der Waals surface area contributed by atoms with Crippen LogP contribution in [0, 0.1) is 21.0 Å². The van der Waals surface area contributed by atoms with Gasteiger partial charge in [-0.25, -0.2) is 13.2 Å². The molecular formula is C21H22F3IN4O3S. The van der Waals surface area contributed by atoms with Gasteiger partial charge in [-0.2, -0.15) is 12.7 Å². The Labute approximate surface area is 203 Å². The number of nitrogens with one attached hydrogen (secondary N) is 3. The first kappa shape index (κ1) is 25.3. The van der Waals surface area contributed by atoms with Gasteiger partial charge in [-0.1, -0.05) is 0 Å². The van der Waals surface area contributed by atoms with E-state index in [9.17, 15) is 26.4 Å². The summed E-state index contributed by atoms with van der Waals surface area (Å²) >= 11 is 1.89. The fraction of sp³-hybridized carbons (Fsp3) is 0.286. The Balaban J connectivity index is 1.90. The molecule has 2 aromatic rings. The van der Waals surface area contributed by atoms with E-state index in [2.05, 4.69) is 15.4 Å². The maximum absolute atomic E-state index is 14.6. The number of halogens is 4. The molecule has 0 saturated carbocycles. The lowest BCUT2D eigenvalue weighted by Gasteiger charge is -2.30. The first-order valence-electron chi connectivity index (χ1n) is 9.93. The summed E-state index contributed by atoms with van der Waals surface area (Å²) in [7, 11) is -4.25. The summed E-state index contributed by atoms with van der Waals surface area (Å²) in [6.07, 6.45) is 0.875. The lowest BCUT2D eigenvalue weighted by atomic mass is 10.1. The molecule has 0 aromatic heterocycles. The normalized spacial score (nSPS) is 15.0. The molecule has 0 spiro atoms. The Bertz CT molecular complexity index is 1210. The Morgan fingerprint density at radius 2 is 1.79 bits per heavy atom. The number of carbonyl (C=O) groups is 1. The van der Waals surface area contributed by atoms with E-state index in [1.165, 1.54) is 12.1 Å². The van der Waals surface area contributed by atoms with Crippen LogP contribution in [0.25, 0.3) is 0 Å². The summed E-state index contributed by atoms with van der Waals surface area (Å²) in [4.78, 5) is 11.5. The zero-order chi connectivity index (χ0) is 24.3. The quantitative estimate of drug-likeness (QED) is 0.314. The van der Waals surface area contributed by atoms with Gasteiger partial charge in [0.25, 0.3) is 0 Å². The number of hydrogen-bond donors (Lipinski definition) is 3. The fourth-order valence-corrected chi connectivity index (χ4v) is 4.95. The number of aldehydes is 1. The molecule has 178 valence electrons. The molecule has 3 rings (SSSR count). The van der Waals surface area contributed by atoms with Crippen LogP contribution in [0.1, 0.15) is 20.3 Å². The second-order valence-electron chi connectivity index (χ2n) is 7.64. The average molecular weight is 594 g/mol. The molecule has 0 bridgehead atoms. The van der Waals surface area contributed by atoms with Crippen LogP contribution in [-0.2, 0) is 15.0 Å². The molecule has 12 heteroatoms. The third-order valence-corrected chi connectivity index (χ3v) is 6.96. The van der Waals surface area contributed by atoms with E-state index in [1.54, 1.807) is 6.07 Å². The van der Waals surface area contributed by atoms with Crippen molar-refractivity contribution in [1.82, 2.24) is 9.62 Å². The van der Waals surface area contributed by atoms with Gasteiger partial charge >= 0.3 is 10.2 Å². The van der Waals surface area contributed by atoms with Crippen LogP contribution < -0.4 is 15.4 Å². The smallest absolute Gasteiger partial charge is 0.302 e. The molecule has 0 atom stereocenters. The second kappa shape index (κ2) is 10.3. The minimum atomic E-state index is -4.25. The Kier molecular flexibility index (Phi) is 7.90. The third kappa shape index (κ3) is 5.98. The number of benzene rings is 2. The Morgan fingerprint density at radius 3 is 2.42 bits per heavy atom. The highest BCUT2D eigenvalue weighted by molar-refractivity contribution is 14.1. The third-order valence-electron chi connectivity index (χ3n) is 4.82. The molecule has 1 aliphatic heterocycles. The lowest BCUT2D eigenvalue weighted by Crippen LogP contribution is -2.43. The number of hydrogen-bond acceptors (Lipinski definition) is 5. The summed E-state index contributed by atoms with van der Waals surface area (Å²) in [5, 5.41) is 5.57. The van der Waals surface area contributed by atoms with Crippen LogP contribution in [0.4, 0.5) is 30.2 Å². The van der Waals surface area contributed by atoms with Crippen molar-refractivity contribution >= 4 is 56.1 Å². The Hall–Kier alpha value is -2.32. The van der Waals surface area contributed by atoms with Crippen LogP contribution in [0.15, 0.2) is 41.6 Å². The molecule has 1 heterocycles. The first-order valence-corrected chi connectivity index (χ1v) is 12.5. The van der Waals surface area contributed by atoms with E-state index in [4.69, 9.17) is 0 Å². The summed E-state index contributed by atoms with van der Waals surface area (Å²) < 4.78 is 72.6. The molecule has 2 aromatic carbocycles. The van der Waals surface area contributed by atoms with Crippen LogP contribution in [0.2, 0.25) is 0 Å². The minimum Gasteiger partial charge on any atom is -0.386 e. The first-order chi connectivity index (χ1) is 15.5. The van der Waals surface area contributed by atoms with Gasteiger partial charge < -0.3 is 10.6 Å². The topological polar surface area (TPSA) is 90.5 Å². The van der Waals surface area contributed by atoms with Gasteiger partial charge in [0.1, 0.15) is 17.8 Å². The zero-order valence-electron chi connectivity index (χ0n) is 17.8. The maximum Gasteiger partial charge on any atom is 0.302 e. The molecule has 0 amide bonds. The van der Waals surface area contributed by atoms with Gasteiger partial charge in [-0.05, 0) is 66.8 Å². The van der Waals surface area contributed by atoms with E-state index in [1.807, 2.05) is 36.4 Å². The van der Waals surface area contributed by atoms with Crippen molar-refractivity contribution in [2.45, 2.75) is 26.3 Å². The van der Waals surface area contributed by atoms with Gasteiger partial charge in [-0.15, -0.1) is 0 Å². The van der Waals surface area contributed by atoms with Gasteiger partial charge in [0.2, 0.25) is 0 Å². The zero-order valence-corrected chi connectivity index (χ0v) is 20.7. The standard InChI is InChI=1S/C21H22F3IN4O3S/c1-12(2)26-17-7-8-29(10-13(17)11-30)33(31,32)28-19-6-4-15(22)20(24)21(19)27-18-5-3-14(25)9-16(18)23/h3-6,9,11-12,26-28H,7-8,10H2,1-2H3. The molecule has 7 nitrogen and oxygen atoms in total. The molecule has 0 aliphatic carbocycles. The van der Waals surface area contributed by atoms with Crippen molar-refractivity contribution in [2.75, 3.05) is 23.1 Å². The van der Waals surface area contributed by atoms with E-state index >= 15 is 0 Å². The predicted molar refractivity (Wildman–Crippen MR) is 129 cm³/mol. The van der Waals surface area contributed by atoms with E-state index in [-0.39, 0.29) is 42.5 Å². The summed E-state index contributed by atoms with van der Waals surface area (Å²) in [6, 6.07) is 5.93. The predicted octanol–water partition coefficient (Wildman–Crippen LogP) is 4.27. The highest BCUT2D eigenvalue weighted by atomic mass is 127. The van der Waals surface area contributed by atoms with Crippen molar-refractivity contribution in [3.05, 3.63) is 62.6 Å². The number of anilines is 3. The van der Waals surface area contributed by atoms with Gasteiger partial charge in [-0.3, -0.25) is 9.52 Å². The highest BCUT2D eigenvalue weighted by Crippen LogP contribution is 2.33. The second-order valence-corrected chi connectivity index (χ2v) is 10.6. The molecule has 0 radical (unpaired) electrons. The van der Waals surface area contributed by atoms with Crippen molar-refractivity contribution in [3.63, 3.8) is 0 Å². The molecular weight excluding hydrogens is 572 g/mol. The van der Waals surface area contributed by atoms with E-state index < -0.39 is 33.3 Å². The van der Waals surface area contributed by atoms with E-state index in [0.717, 1.165) is 16.4 Å². The van der Waals surface area contributed by atoms with Crippen molar-refractivity contribution < 1.29 is 26.4 Å². The largest absolute Gasteiger partial charge is 0.386 e. The van der Waals surface area contributed by atoms with Crippen molar-refractivity contribution in [1.29, 1.82) is 0 Å². The number of nitrogens with zero attached hydrogens (tertiary/aromatic N) is 1. The molecule has 1 aliphatic rings. The van der Waals surface area contributed by atoms with Gasteiger partial charge in [0.05, 0.1) is 11.4 Å². The van der Waals surface area contributed by atoms with Crippen LogP contribution >= 0.6 is 22.6 Å². The Morgan fingerprint density at radius 1 is 1.09 bits per heavy atom. The summed E-state index contributed by atoms with van der Waals surface area (Å²) in [6.45, 7) is 3.67. The summed E-state index contributed by atoms with van der Waals surface area (Å²) in [5.41, 5.74) is -0.0896. The summed E-state index contributed by atoms with van der Waals surface area (Å²) in [5.74, 6) is -3.33. The van der Waals surface area contributed by atoms with Crippen molar-refractivity contribution in [3.8, 4) is 0 Å². The molecule has 33 heavy (non-hydrogen) atoms. The highest BCUT2D eigenvalue weighted by Gasteiger charge is 2.30. The van der Waals surface area contributed by atoms with E-state index in [0.29, 0.717) is 15.6 Å². The van der Waals surface area contributed by atoms with Crippen molar-refractivity contribution in [2.24, 2.45) is 0 Å². The molecule has 0 saturated heterocycles. The monoisotopic (exact) mass is 594 g/mol. The van der Waals surface area contributed by atoms with Crippen LogP contribution in [-0.4, -0.2) is 38.1 Å². The van der Waals surface area contributed by atoms with Gasteiger partial charge in [0.15, 0.2) is 11.6 Å². The lowest BCUT2D eigenvalue weighted by molar-refractivity contribution is -0.105. The minimum absolute atomic E-state index is 0.0636. The molecule has 0 fully saturated rings. The maximum atomic E-state index is 14.6. The number of carbonyl (C=O) groups excluding carboxylic acids is 1. The van der Waals surface area contributed by atoms with Gasteiger partial charge in [0, 0.05) is 40.4 Å². The fourth-order valence-electron chi connectivity index (χ4n) is 3.28.